The van der Waals surface area contributed by atoms with Crippen molar-refractivity contribution in [2.24, 2.45) is 9.98 Å². The van der Waals surface area contributed by atoms with E-state index in [1.807, 2.05) is 42.3 Å². The Morgan fingerprint density at radius 2 is 1.75 bits per heavy atom. The summed E-state index contributed by atoms with van der Waals surface area (Å²) in [5, 5.41) is 5.84. The zero-order chi connectivity index (χ0) is 41.2. The average Bonchev–Trinajstić information content (AvgIpc) is 3.75. The SMILES string of the molecule is C=CCN1C(=O)/C(=C/N=C)C(=Nc2ccc(N3CCN(C4CN(c5cccc(C=O)c5CN(C)C5CCC(=O)NC5=O)C4)CC3)cc2)N1c1ccc2c(n1)C(CC)CC2. The minimum Gasteiger partial charge on any atom is -0.369 e. The molecule has 5 heterocycles. The Kier molecular flexibility index (Phi) is 11.5. The van der Waals surface area contributed by atoms with Crippen LogP contribution in [0.1, 0.15) is 65.7 Å². The van der Waals surface area contributed by atoms with Crippen molar-refractivity contribution in [3.63, 3.8) is 0 Å². The number of nitrogens with zero attached hydrogens (tertiary/aromatic N) is 9. The average molecular weight is 797 g/mol. The number of amides is 3. The first-order valence-corrected chi connectivity index (χ1v) is 20.6. The Morgan fingerprint density at radius 3 is 2.44 bits per heavy atom. The molecule has 2 atom stereocenters. The fourth-order valence-corrected chi connectivity index (χ4v) is 9.15. The Morgan fingerprint density at radius 1 is 0.966 bits per heavy atom. The van der Waals surface area contributed by atoms with Gasteiger partial charge in [0.2, 0.25) is 11.8 Å². The van der Waals surface area contributed by atoms with Gasteiger partial charge >= 0.3 is 0 Å². The normalized spacial score (nSPS) is 22.7. The molecule has 14 heteroatoms. The van der Waals surface area contributed by atoms with Gasteiger partial charge in [0.05, 0.1) is 18.3 Å². The first-order chi connectivity index (χ1) is 28.7. The largest absolute Gasteiger partial charge is 0.369 e. The Hall–Kier alpha value is -5.99. The van der Waals surface area contributed by atoms with E-state index in [0.717, 1.165) is 87.4 Å². The lowest BCUT2D eigenvalue weighted by molar-refractivity contribution is -0.137. The number of aryl methyl sites for hydroxylation is 1. The molecule has 2 unspecified atom stereocenters. The van der Waals surface area contributed by atoms with E-state index >= 15 is 0 Å². The molecule has 0 bridgehead atoms. The molecule has 0 radical (unpaired) electrons. The zero-order valence-electron chi connectivity index (χ0n) is 33.9. The van der Waals surface area contributed by atoms with Crippen LogP contribution < -0.4 is 20.1 Å². The molecule has 4 fully saturated rings. The molecule has 0 spiro atoms. The van der Waals surface area contributed by atoms with E-state index in [2.05, 4.69) is 69.5 Å². The van der Waals surface area contributed by atoms with Crippen LogP contribution in [0.5, 0.6) is 0 Å². The van der Waals surface area contributed by atoms with Crippen LogP contribution in [0.3, 0.4) is 0 Å². The fraction of sp³-hybridized carbons (Fsp3) is 0.400. The number of nitrogens with one attached hydrogen (secondary N) is 1. The number of carbonyl (C=O) groups excluding carboxylic acids is 4. The lowest BCUT2D eigenvalue weighted by atomic mass is 9.98. The molecule has 5 aliphatic rings. The van der Waals surface area contributed by atoms with Gasteiger partial charge in [-0.05, 0) is 87.0 Å². The number of piperidine rings is 1. The van der Waals surface area contributed by atoms with Crippen LogP contribution in [0.15, 0.2) is 89.0 Å². The molecule has 4 saturated heterocycles. The van der Waals surface area contributed by atoms with Crippen LogP contribution in [0.25, 0.3) is 0 Å². The number of carbonyl (C=O) groups is 4. The van der Waals surface area contributed by atoms with E-state index < -0.39 is 6.04 Å². The second-order valence-corrected chi connectivity index (χ2v) is 15.9. The van der Waals surface area contributed by atoms with Crippen molar-refractivity contribution in [2.45, 2.75) is 63.6 Å². The van der Waals surface area contributed by atoms with E-state index in [-0.39, 0.29) is 24.3 Å². The first-order valence-electron chi connectivity index (χ1n) is 20.6. The number of aromatic nitrogens is 1. The maximum absolute atomic E-state index is 13.8. The molecule has 0 saturated carbocycles. The minimum absolute atomic E-state index is 0.234. The number of likely N-dealkylation sites (N-methyl/N-ethyl adjacent to an activating group) is 1. The van der Waals surface area contributed by atoms with Crippen molar-refractivity contribution in [1.82, 2.24) is 25.1 Å². The van der Waals surface area contributed by atoms with Gasteiger partial charge < -0.3 is 9.80 Å². The summed E-state index contributed by atoms with van der Waals surface area (Å²) in [4.78, 5) is 73.4. The molecule has 306 valence electrons. The molecule has 2 aromatic carbocycles. The number of piperazine rings is 1. The van der Waals surface area contributed by atoms with Crippen molar-refractivity contribution in [3.8, 4) is 0 Å². The van der Waals surface area contributed by atoms with Crippen LogP contribution in [0.4, 0.5) is 22.9 Å². The van der Waals surface area contributed by atoms with Crippen LogP contribution in [-0.2, 0) is 27.3 Å². The summed E-state index contributed by atoms with van der Waals surface area (Å²) in [5.74, 6) is 0.726. The summed E-state index contributed by atoms with van der Waals surface area (Å²) < 4.78 is 0. The van der Waals surface area contributed by atoms with Gasteiger partial charge in [-0.3, -0.25) is 39.3 Å². The van der Waals surface area contributed by atoms with Gasteiger partial charge in [0, 0.05) is 93.0 Å². The minimum atomic E-state index is -0.418. The van der Waals surface area contributed by atoms with Crippen molar-refractivity contribution < 1.29 is 19.2 Å². The quantitative estimate of drug-likeness (QED) is 0.0857. The highest BCUT2D eigenvalue weighted by Gasteiger charge is 2.41. The molecule has 1 N–H and O–H groups in total. The lowest BCUT2D eigenvalue weighted by Gasteiger charge is -2.50. The molecule has 59 heavy (non-hydrogen) atoms. The van der Waals surface area contributed by atoms with Crippen LogP contribution in [0.2, 0.25) is 0 Å². The zero-order valence-corrected chi connectivity index (χ0v) is 33.9. The molecular formula is C45H52N10O4. The highest BCUT2D eigenvalue weighted by molar-refractivity contribution is 6.31. The number of amidine groups is 1. The number of hydrogen-bond acceptors (Lipinski definition) is 11. The van der Waals surface area contributed by atoms with E-state index in [1.165, 1.54) is 11.8 Å². The maximum atomic E-state index is 13.8. The smallest absolute Gasteiger partial charge is 0.278 e. The highest BCUT2D eigenvalue weighted by Crippen LogP contribution is 2.38. The van der Waals surface area contributed by atoms with Gasteiger partial charge in [-0.1, -0.05) is 31.2 Å². The van der Waals surface area contributed by atoms with Gasteiger partial charge in [-0.2, -0.15) is 0 Å². The monoisotopic (exact) mass is 796 g/mol. The number of aldehydes is 1. The second kappa shape index (κ2) is 17.1. The van der Waals surface area contributed by atoms with E-state index in [1.54, 1.807) is 16.1 Å². The molecule has 8 rings (SSSR count). The predicted octanol–water partition coefficient (Wildman–Crippen LogP) is 4.65. The maximum Gasteiger partial charge on any atom is 0.278 e. The molecule has 14 nitrogen and oxygen atoms in total. The number of anilines is 3. The summed E-state index contributed by atoms with van der Waals surface area (Å²) in [6, 6.07) is 18.0. The molecule has 3 aromatic rings. The topological polar surface area (TPSA) is 137 Å². The third kappa shape index (κ3) is 7.82. The molecule has 1 aliphatic carbocycles. The van der Waals surface area contributed by atoms with E-state index in [4.69, 9.17) is 9.98 Å². The molecule has 3 amide bonds. The highest BCUT2D eigenvalue weighted by atomic mass is 16.2. The number of hydrazine groups is 1. The van der Waals surface area contributed by atoms with Gasteiger partial charge in [0.1, 0.15) is 11.9 Å². The van der Waals surface area contributed by atoms with Crippen molar-refractivity contribution in [1.29, 1.82) is 0 Å². The molecule has 1 aromatic heterocycles. The Labute approximate surface area is 345 Å². The Balaban J connectivity index is 0.923. The van der Waals surface area contributed by atoms with Crippen LogP contribution in [0, 0.1) is 0 Å². The summed E-state index contributed by atoms with van der Waals surface area (Å²) in [6.45, 7) is 15.8. The van der Waals surface area contributed by atoms with Gasteiger partial charge in [-0.25, -0.2) is 20.0 Å². The third-order valence-electron chi connectivity index (χ3n) is 12.5. The van der Waals surface area contributed by atoms with Crippen molar-refractivity contribution in [2.75, 3.05) is 67.7 Å². The molecular weight excluding hydrogens is 745 g/mol. The van der Waals surface area contributed by atoms with Gasteiger partial charge in [0.25, 0.3) is 5.91 Å². The van der Waals surface area contributed by atoms with E-state index in [9.17, 15) is 19.2 Å². The van der Waals surface area contributed by atoms with Crippen LogP contribution >= 0.6 is 0 Å². The number of fused-ring (bicyclic) bond motifs is 1. The number of benzene rings is 2. The summed E-state index contributed by atoms with van der Waals surface area (Å²) >= 11 is 0. The predicted molar refractivity (Wildman–Crippen MR) is 230 cm³/mol. The third-order valence-corrected chi connectivity index (χ3v) is 12.5. The number of pyridine rings is 1. The number of imide groups is 1. The molecule has 4 aliphatic heterocycles. The van der Waals surface area contributed by atoms with Crippen molar-refractivity contribution >= 4 is 59.4 Å². The lowest BCUT2D eigenvalue weighted by Crippen LogP contribution is -2.63. The van der Waals surface area contributed by atoms with E-state index in [0.29, 0.717) is 59.8 Å². The Bertz CT molecular complexity index is 2210. The van der Waals surface area contributed by atoms with Gasteiger partial charge in [-0.15, -0.1) is 6.58 Å². The summed E-state index contributed by atoms with van der Waals surface area (Å²) in [7, 11) is 1.87. The van der Waals surface area contributed by atoms with Gasteiger partial charge in [0.15, 0.2) is 11.7 Å². The second-order valence-electron chi connectivity index (χ2n) is 15.9. The number of rotatable bonds is 13. The number of aliphatic imine (C=N–C) groups is 2. The fourth-order valence-electron chi connectivity index (χ4n) is 9.15. The summed E-state index contributed by atoms with van der Waals surface area (Å²) in [6.07, 6.45) is 7.94. The first kappa shape index (κ1) is 39.8. The summed E-state index contributed by atoms with van der Waals surface area (Å²) in [5.41, 5.74) is 7.06. The van der Waals surface area contributed by atoms with Crippen molar-refractivity contribution in [3.05, 3.63) is 101 Å². The van der Waals surface area contributed by atoms with Crippen LogP contribution in [-0.4, -0.2) is 121 Å². The standard InChI is InChI=1S/C45H52N10O4/c1-5-20-54-45(59)36(25-46-3)43(55(54)40-18-12-31-11-10-30(6-2)42(31)48-40)47-33-13-15-34(16-14-33)51-21-23-52(24-22-51)35-26-53(27-35)38-9-7-8-32(29-56)37(38)28-50(4)39-17-19-41(57)49-44(39)58/h5,7-9,12-16,18,25,29-30,35,39H,1,3,6,10-11,17,19-24,26-28H2,2,4H3,(H,49,57,58)/b36-25+,47-43?. The number of hydrogen-bond donors (Lipinski definition) is 1.